The van der Waals surface area contributed by atoms with Crippen molar-refractivity contribution in [3.63, 3.8) is 0 Å². The number of hydrogen-bond acceptors (Lipinski definition) is 9. The molecule has 3 aliphatic heterocycles. The number of carbonyl (C=O) groups is 1. The van der Waals surface area contributed by atoms with Crippen molar-refractivity contribution < 1.29 is 23.0 Å². The predicted molar refractivity (Wildman–Crippen MR) is 173 cm³/mol. The average molecular weight is 640 g/mol. The number of piperazine rings is 1. The van der Waals surface area contributed by atoms with Crippen LogP contribution >= 0.6 is 0 Å². The van der Waals surface area contributed by atoms with Gasteiger partial charge in [-0.05, 0) is 36.1 Å². The highest BCUT2D eigenvalue weighted by Gasteiger charge is 2.38. The van der Waals surface area contributed by atoms with Crippen LogP contribution in [0.4, 0.5) is 14.6 Å². The monoisotopic (exact) mass is 639 g/mol. The number of pyridine rings is 1. The number of morpholine rings is 1. The zero-order valence-corrected chi connectivity index (χ0v) is 26.2. The Morgan fingerprint density at radius 1 is 1.19 bits per heavy atom. The molecule has 1 amide bonds. The molecule has 0 unspecified atom stereocenters. The average Bonchev–Trinajstić information content (AvgIpc) is 3.70. The second kappa shape index (κ2) is 12.8. The molecule has 0 spiro atoms. The Hall–Kier alpha value is -4.73. The van der Waals surface area contributed by atoms with Crippen LogP contribution in [0.5, 0.6) is 6.01 Å². The summed E-state index contributed by atoms with van der Waals surface area (Å²) in [6, 6.07) is 13.6. The Balaban J connectivity index is 1.24. The number of benzene rings is 2. The van der Waals surface area contributed by atoms with Gasteiger partial charge in [0, 0.05) is 50.5 Å². The van der Waals surface area contributed by atoms with Gasteiger partial charge in [-0.15, -0.1) is 0 Å². The molecule has 0 radical (unpaired) electrons. The highest BCUT2D eigenvalue weighted by molar-refractivity contribution is 6.00. The summed E-state index contributed by atoms with van der Waals surface area (Å²) in [5, 5.41) is 11.7. The highest BCUT2D eigenvalue weighted by Crippen LogP contribution is 2.36. The third kappa shape index (κ3) is 5.85. The second-order valence-corrected chi connectivity index (χ2v) is 12.4. The first-order valence-electron chi connectivity index (χ1n) is 15.9. The predicted octanol–water partition coefficient (Wildman–Crippen LogP) is 4.95. The summed E-state index contributed by atoms with van der Waals surface area (Å²) in [7, 11) is 0. The lowest BCUT2D eigenvalue weighted by Gasteiger charge is -2.41. The SMILES string of the molecule is C=C(F)C(=O)N1CCN(c2nc(OCCCN3C[C@@H]4C[C@H]3CO4)nc3c(F)c(-c4cccc5cccc(C)c45)ncc23)C[C@@H]1CC#N. The van der Waals surface area contributed by atoms with E-state index in [0.29, 0.717) is 35.5 Å². The molecule has 3 fully saturated rings. The molecule has 4 aromatic rings. The number of halogens is 2. The summed E-state index contributed by atoms with van der Waals surface area (Å²) >= 11 is 0. The smallest absolute Gasteiger partial charge is 0.319 e. The van der Waals surface area contributed by atoms with Gasteiger partial charge in [0.2, 0.25) is 0 Å². The number of amides is 1. The molecule has 0 saturated carbocycles. The van der Waals surface area contributed by atoms with Crippen molar-refractivity contribution in [1.82, 2.24) is 24.8 Å². The van der Waals surface area contributed by atoms with Crippen molar-refractivity contribution in [2.75, 3.05) is 50.8 Å². The fourth-order valence-corrected chi connectivity index (χ4v) is 7.18. The molecule has 242 valence electrons. The number of fused-ring (bicyclic) bond motifs is 4. The van der Waals surface area contributed by atoms with Crippen molar-refractivity contribution in [1.29, 1.82) is 5.26 Å². The van der Waals surface area contributed by atoms with Gasteiger partial charge >= 0.3 is 6.01 Å². The largest absolute Gasteiger partial charge is 0.463 e. The van der Waals surface area contributed by atoms with Crippen LogP contribution in [0.3, 0.4) is 0 Å². The van der Waals surface area contributed by atoms with Crippen LogP contribution in [0, 0.1) is 24.1 Å². The maximum atomic E-state index is 16.7. The lowest BCUT2D eigenvalue weighted by Crippen LogP contribution is -2.55. The zero-order valence-electron chi connectivity index (χ0n) is 26.2. The van der Waals surface area contributed by atoms with Gasteiger partial charge in [-0.25, -0.2) is 8.78 Å². The van der Waals surface area contributed by atoms with Crippen LogP contribution in [-0.2, 0) is 9.53 Å². The molecule has 3 atom stereocenters. The lowest BCUT2D eigenvalue weighted by molar-refractivity contribution is -0.131. The first kappa shape index (κ1) is 30.9. The summed E-state index contributed by atoms with van der Waals surface area (Å²) in [4.78, 5) is 32.0. The number of ether oxygens (including phenoxy) is 2. The van der Waals surface area contributed by atoms with Gasteiger partial charge in [-0.2, -0.15) is 15.2 Å². The maximum absolute atomic E-state index is 16.7. The normalized spacial score (nSPS) is 21.0. The Morgan fingerprint density at radius 3 is 2.77 bits per heavy atom. The fourth-order valence-electron chi connectivity index (χ4n) is 7.18. The number of rotatable bonds is 9. The van der Waals surface area contributed by atoms with Gasteiger partial charge in [-0.3, -0.25) is 14.7 Å². The van der Waals surface area contributed by atoms with Crippen LogP contribution < -0.4 is 9.64 Å². The number of carbonyl (C=O) groups excluding carboxylic acids is 1. The van der Waals surface area contributed by atoms with Crippen LogP contribution in [0.25, 0.3) is 32.9 Å². The van der Waals surface area contributed by atoms with Crippen LogP contribution in [0.2, 0.25) is 0 Å². The molecular weight excluding hydrogens is 604 g/mol. The Morgan fingerprint density at radius 2 is 2.02 bits per heavy atom. The van der Waals surface area contributed by atoms with Crippen molar-refractivity contribution >= 4 is 33.4 Å². The Labute approximate surface area is 271 Å². The van der Waals surface area contributed by atoms with E-state index in [1.54, 1.807) is 6.20 Å². The van der Waals surface area contributed by atoms with Crippen LogP contribution in [0.15, 0.2) is 55.0 Å². The minimum atomic E-state index is -1.08. The standard InChI is InChI=1S/C35H35F2N7O3/c1-21-6-3-7-23-8-4-9-27(29(21)23)31-30(37)32-28(17-39-31)33(43-13-14-44(34(45)22(2)36)24(18-43)10-11-38)41-35(40-32)46-15-5-12-42-19-26-16-25(42)20-47-26/h3-4,6-9,17,24-26H,2,5,10,12-16,18-20H2,1H3/t24-,25-,26-/m0/s1. The first-order valence-corrected chi connectivity index (χ1v) is 15.9. The van der Waals surface area contributed by atoms with E-state index in [1.165, 1.54) is 4.90 Å². The molecule has 0 aliphatic carbocycles. The first-order chi connectivity index (χ1) is 22.8. The van der Waals surface area contributed by atoms with Crippen molar-refractivity contribution in [2.24, 2.45) is 0 Å². The highest BCUT2D eigenvalue weighted by atomic mass is 19.1. The van der Waals surface area contributed by atoms with Crippen molar-refractivity contribution in [3.8, 4) is 23.3 Å². The van der Waals surface area contributed by atoms with E-state index in [4.69, 9.17) is 14.5 Å². The van der Waals surface area contributed by atoms with E-state index >= 15 is 4.39 Å². The quantitative estimate of drug-likeness (QED) is 0.186. The van der Waals surface area contributed by atoms with E-state index in [0.717, 1.165) is 48.9 Å². The summed E-state index contributed by atoms with van der Waals surface area (Å²) < 4.78 is 42.3. The minimum Gasteiger partial charge on any atom is -0.463 e. The third-order valence-electron chi connectivity index (χ3n) is 9.45. The molecule has 3 saturated heterocycles. The van der Waals surface area contributed by atoms with E-state index in [-0.39, 0.29) is 43.3 Å². The number of aryl methyl sites for hydroxylation is 1. The second-order valence-electron chi connectivity index (χ2n) is 12.4. The van der Waals surface area contributed by atoms with Gasteiger partial charge in [-0.1, -0.05) is 43.0 Å². The molecule has 2 bridgehead atoms. The molecule has 0 N–H and O–H groups in total. The number of nitriles is 1. The van der Waals surface area contributed by atoms with E-state index in [1.807, 2.05) is 48.2 Å². The van der Waals surface area contributed by atoms with Gasteiger partial charge in [0.15, 0.2) is 11.6 Å². The molecule has 12 heteroatoms. The summed E-state index contributed by atoms with van der Waals surface area (Å²) in [5.74, 6) is -2.15. The molecule has 2 aromatic heterocycles. The number of aromatic nitrogens is 3. The number of anilines is 1. The minimum absolute atomic E-state index is 0.0244. The molecule has 5 heterocycles. The molecule has 3 aliphatic rings. The maximum Gasteiger partial charge on any atom is 0.319 e. The van der Waals surface area contributed by atoms with Crippen LogP contribution in [0.1, 0.15) is 24.8 Å². The van der Waals surface area contributed by atoms with E-state index in [9.17, 15) is 14.4 Å². The number of likely N-dealkylation sites (tertiary alicyclic amines) is 1. The van der Waals surface area contributed by atoms with Gasteiger partial charge in [0.25, 0.3) is 5.91 Å². The molecule has 2 aromatic carbocycles. The Kier molecular flexibility index (Phi) is 8.42. The molecule has 47 heavy (non-hydrogen) atoms. The topological polar surface area (TPSA) is 108 Å². The van der Waals surface area contributed by atoms with E-state index < -0.39 is 23.6 Å². The van der Waals surface area contributed by atoms with E-state index in [2.05, 4.69) is 27.5 Å². The van der Waals surface area contributed by atoms with Gasteiger partial charge < -0.3 is 19.3 Å². The third-order valence-corrected chi connectivity index (χ3v) is 9.45. The summed E-state index contributed by atoms with van der Waals surface area (Å²) in [6.07, 6.45) is 3.65. The number of nitrogens with zero attached hydrogens (tertiary/aromatic N) is 7. The lowest BCUT2D eigenvalue weighted by atomic mass is 9.97. The molecular formula is C35H35F2N7O3. The molecule has 7 rings (SSSR count). The van der Waals surface area contributed by atoms with Crippen molar-refractivity contribution in [3.05, 3.63) is 66.4 Å². The fraction of sp³-hybridized carbons (Fsp3) is 0.400. The van der Waals surface area contributed by atoms with Gasteiger partial charge in [0.1, 0.15) is 17.0 Å². The zero-order chi connectivity index (χ0) is 32.7. The van der Waals surface area contributed by atoms with Gasteiger partial charge in [0.05, 0.1) is 43.2 Å². The summed E-state index contributed by atoms with van der Waals surface area (Å²) in [5.41, 5.74) is 1.87. The van der Waals surface area contributed by atoms with Crippen LogP contribution in [-0.4, -0.2) is 94.8 Å². The Bertz CT molecular complexity index is 1910. The summed E-state index contributed by atoms with van der Waals surface area (Å²) in [6.45, 7) is 8.55. The number of hydrogen-bond donors (Lipinski definition) is 0. The molecule has 10 nitrogen and oxygen atoms in total. The van der Waals surface area contributed by atoms with Crippen molar-refractivity contribution in [2.45, 2.75) is 44.4 Å².